The quantitative estimate of drug-likeness (QED) is 0.558. The fourth-order valence-electron chi connectivity index (χ4n) is 2.04. The minimum Gasteiger partial charge on any atom is -0.360 e. The molecule has 1 aliphatic carbocycles. The minimum absolute atomic E-state index is 0.353. The highest BCUT2D eigenvalue weighted by atomic mass is 35.5. The molecule has 2 aromatic rings. The summed E-state index contributed by atoms with van der Waals surface area (Å²) in [6.07, 6.45) is 3.96. The summed E-state index contributed by atoms with van der Waals surface area (Å²) < 4.78 is 5.42. The average molecular weight is 351 g/mol. The van der Waals surface area contributed by atoms with Gasteiger partial charge in [0.15, 0.2) is 0 Å². The maximum Gasteiger partial charge on any atom is 0.144 e. The molecule has 20 heavy (non-hydrogen) atoms. The Labute approximate surface area is 138 Å². The zero-order valence-corrected chi connectivity index (χ0v) is 14.0. The highest BCUT2D eigenvalue weighted by molar-refractivity contribution is 7.79. The van der Waals surface area contributed by atoms with Crippen molar-refractivity contribution in [2.75, 3.05) is 6.26 Å². The van der Waals surface area contributed by atoms with Gasteiger partial charge in [-0.1, -0.05) is 34.4 Å². The first-order chi connectivity index (χ1) is 9.72. The van der Waals surface area contributed by atoms with Gasteiger partial charge in [-0.05, 0) is 31.2 Å². The molecule has 0 N–H and O–H groups in total. The van der Waals surface area contributed by atoms with Crippen molar-refractivity contribution in [2.24, 2.45) is 0 Å². The van der Waals surface area contributed by atoms with Crippen LogP contribution in [0.4, 0.5) is 0 Å². The molecule has 0 bridgehead atoms. The van der Waals surface area contributed by atoms with Gasteiger partial charge in [0.1, 0.15) is 11.5 Å². The lowest BCUT2D eigenvalue weighted by Gasteiger charge is -2.04. The summed E-state index contributed by atoms with van der Waals surface area (Å²) in [6, 6.07) is 5.37. The topological polar surface area (TPSA) is 26.0 Å². The number of thiol groups is 1. The van der Waals surface area contributed by atoms with E-state index in [2.05, 4.69) is 17.8 Å². The minimum atomic E-state index is 0.353. The van der Waals surface area contributed by atoms with Crippen molar-refractivity contribution in [1.82, 2.24) is 5.16 Å². The molecule has 0 aliphatic heterocycles. The van der Waals surface area contributed by atoms with Crippen LogP contribution < -0.4 is 0 Å². The highest BCUT2D eigenvalue weighted by Gasteiger charge is 2.32. The van der Waals surface area contributed by atoms with Crippen molar-refractivity contribution < 1.29 is 4.52 Å². The van der Waals surface area contributed by atoms with Crippen LogP contribution in [0.25, 0.3) is 11.3 Å². The molecule has 0 spiro atoms. The van der Waals surface area contributed by atoms with E-state index in [9.17, 15) is 0 Å². The molecular weight excluding hydrogens is 337 g/mol. The fraction of sp³-hybridized carbons (Fsp3) is 0.357. The van der Waals surface area contributed by atoms with Gasteiger partial charge in [-0.2, -0.15) is 12.6 Å². The van der Waals surface area contributed by atoms with E-state index in [1.165, 1.54) is 0 Å². The van der Waals surface area contributed by atoms with Crippen molar-refractivity contribution in [2.45, 2.75) is 24.6 Å². The smallest absolute Gasteiger partial charge is 0.144 e. The standard InChI is InChI=1S/C13H10Cl3NO.CH4S/c14-6-8-12(17-18-13(8)7-4-5-7)11-9(15)2-1-3-10(11)16;1-2/h1-3,7H,4-6H2;2H,1H3. The van der Waals surface area contributed by atoms with Gasteiger partial charge in [0.25, 0.3) is 0 Å². The predicted molar refractivity (Wildman–Crippen MR) is 88.4 cm³/mol. The summed E-state index contributed by atoms with van der Waals surface area (Å²) in [5.74, 6) is 1.70. The number of hydrogen-bond acceptors (Lipinski definition) is 3. The number of nitrogens with zero attached hydrogens (tertiary/aromatic N) is 1. The second-order valence-electron chi connectivity index (χ2n) is 4.38. The van der Waals surface area contributed by atoms with Crippen molar-refractivity contribution in [3.8, 4) is 11.3 Å². The summed E-state index contributed by atoms with van der Waals surface area (Å²) in [5.41, 5.74) is 2.28. The van der Waals surface area contributed by atoms with Crippen LogP contribution in [0.2, 0.25) is 10.0 Å². The van der Waals surface area contributed by atoms with Crippen LogP contribution in [0.5, 0.6) is 0 Å². The van der Waals surface area contributed by atoms with Crippen LogP contribution in [0.1, 0.15) is 30.1 Å². The molecule has 6 heteroatoms. The number of hydrogen-bond donors (Lipinski definition) is 1. The molecule has 3 rings (SSSR count). The lowest BCUT2D eigenvalue weighted by Crippen LogP contribution is -1.89. The molecule has 1 aromatic heterocycles. The first-order valence-electron chi connectivity index (χ1n) is 6.16. The van der Waals surface area contributed by atoms with E-state index >= 15 is 0 Å². The van der Waals surface area contributed by atoms with Gasteiger partial charge in [0.2, 0.25) is 0 Å². The monoisotopic (exact) mass is 349 g/mol. The molecule has 1 fully saturated rings. The number of aromatic nitrogens is 1. The summed E-state index contributed by atoms with van der Waals surface area (Å²) in [4.78, 5) is 0. The van der Waals surface area contributed by atoms with Crippen LogP contribution in [0, 0.1) is 0 Å². The summed E-state index contributed by atoms with van der Waals surface area (Å²) in [7, 11) is 0. The van der Waals surface area contributed by atoms with E-state index in [-0.39, 0.29) is 0 Å². The first kappa shape index (κ1) is 16.0. The number of rotatable bonds is 3. The Morgan fingerprint density at radius 1 is 1.25 bits per heavy atom. The Hall–Kier alpha value is -0.350. The van der Waals surface area contributed by atoms with Crippen molar-refractivity contribution in [3.63, 3.8) is 0 Å². The number of halogens is 3. The van der Waals surface area contributed by atoms with E-state index in [1.54, 1.807) is 24.5 Å². The Balaban J connectivity index is 0.000000704. The van der Waals surface area contributed by atoms with Gasteiger partial charge in [-0.3, -0.25) is 0 Å². The Kier molecular flexibility index (Phi) is 5.67. The molecule has 2 nitrogen and oxygen atoms in total. The Bertz CT molecular complexity index is 576. The normalized spacial score (nSPS) is 13.8. The third-order valence-electron chi connectivity index (χ3n) is 3.10. The van der Waals surface area contributed by atoms with Crippen LogP contribution in [-0.2, 0) is 5.88 Å². The van der Waals surface area contributed by atoms with Crippen LogP contribution in [0.3, 0.4) is 0 Å². The summed E-state index contributed by atoms with van der Waals surface area (Å²) in [5, 5.41) is 5.23. The first-order valence-corrected chi connectivity index (χ1v) is 8.34. The van der Waals surface area contributed by atoms with Crippen molar-refractivity contribution in [1.29, 1.82) is 0 Å². The molecule has 0 unspecified atom stereocenters. The van der Waals surface area contributed by atoms with Crippen LogP contribution >= 0.6 is 47.4 Å². The van der Waals surface area contributed by atoms with E-state index in [0.29, 0.717) is 33.1 Å². The third kappa shape index (κ3) is 3.11. The van der Waals surface area contributed by atoms with Gasteiger partial charge in [-0.25, -0.2) is 0 Å². The van der Waals surface area contributed by atoms with Gasteiger partial charge in [0, 0.05) is 17.0 Å². The predicted octanol–water partition coefficient (Wildman–Crippen LogP) is 5.81. The Morgan fingerprint density at radius 2 is 1.85 bits per heavy atom. The molecule has 0 atom stereocenters. The summed E-state index contributed by atoms with van der Waals surface area (Å²) >= 11 is 21.9. The number of benzene rings is 1. The fourth-order valence-corrected chi connectivity index (χ4v) is 2.87. The van der Waals surface area contributed by atoms with Gasteiger partial charge in [0.05, 0.1) is 15.9 Å². The van der Waals surface area contributed by atoms with Crippen molar-refractivity contribution in [3.05, 3.63) is 39.6 Å². The van der Waals surface area contributed by atoms with Gasteiger partial charge >= 0.3 is 0 Å². The molecule has 0 saturated heterocycles. The Morgan fingerprint density at radius 3 is 2.35 bits per heavy atom. The lowest BCUT2D eigenvalue weighted by atomic mass is 10.1. The van der Waals surface area contributed by atoms with Crippen molar-refractivity contribution >= 4 is 47.4 Å². The number of alkyl halides is 1. The maximum atomic E-state index is 6.19. The molecule has 1 aromatic carbocycles. The highest BCUT2D eigenvalue weighted by Crippen LogP contribution is 2.46. The van der Waals surface area contributed by atoms with Crippen LogP contribution in [0.15, 0.2) is 22.7 Å². The van der Waals surface area contributed by atoms with E-state index in [4.69, 9.17) is 39.3 Å². The van der Waals surface area contributed by atoms with E-state index in [1.807, 2.05) is 0 Å². The largest absolute Gasteiger partial charge is 0.360 e. The van der Waals surface area contributed by atoms with Gasteiger partial charge < -0.3 is 4.52 Å². The summed E-state index contributed by atoms with van der Waals surface area (Å²) in [6.45, 7) is 0. The molecule has 108 valence electrons. The van der Waals surface area contributed by atoms with E-state index in [0.717, 1.165) is 24.2 Å². The molecule has 1 saturated carbocycles. The molecule has 0 radical (unpaired) electrons. The molecule has 1 aliphatic rings. The van der Waals surface area contributed by atoms with Crippen LogP contribution in [-0.4, -0.2) is 11.4 Å². The maximum absolute atomic E-state index is 6.19. The molecular formula is C14H14Cl3NOS. The van der Waals surface area contributed by atoms with E-state index < -0.39 is 0 Å². The zero-order valence-electron chi connectivity index (χ0n) is 10.9. The average Bonchev–Trinajstić information content (AvgIpc) is 3.22. The second-order valence-corrected chi connectivity index (χ2v) is 5.46. The zero-order chi connectivity index (χ0) is 14.7. The van der Waals surface area contributed by atoms with Gasteiger partial charge in [-0.15, -0.1) is 11.6 Å². The third-order valence-corrected chi connectivity index (χ3v) is 4.00. The molecule has 1 heterocycles. The second kappa shape index (κ2) is 7.08. The SMILES string of the molecule is CS.ClCc1c(-c2c(Cl)cccc2Cl)noc1C1CC1. The lowest BCUT2D eigenvalue weighted by molar-refractivity contribution is 0.385. The molecule has 0 amide bonds.